The van der Waals surface area contributed by atoms with Gasteiger partial charge in [0.05, 0.1) is 18.5 Å². The second kappa shape index (κ2) is 8.30. The van der Waals surface area contributed by atoms with Crippen molar-refractivity contribution in [3.8, 4) is 11.5 Å². The molecule has 0 radical (unpaired) electrons. The van der Waals surface area contributed by atoms with Gasteiger partial charge >= 0.3 is 0 Å². The van der Waals surface area contributed by atoms with E-state index >= 15 is 0 Å². The molecule has 1 aliphatic heterocycles. The lowest BCUT2D eigenvalue weighted by Crippen LogP contribution is -2.32. The van der Waals surface area contributed by atoms with Gasteiger partial charge in [-0.2, -0.15) is 0 Å². The fraction of sp³-hybridized carbons (Fsp3) is 0.350. The number of carbonyl (C=O) groups excluding carboxylic acids is 1. The quantitative estimate of drug-likeness (QED) is 0.759. The van der Waals surface area contributed by atoms with Crippen LogP contribution in [-0.2, 0) is 11.3 Å². The van der Waals surface area contributed by atoms with Crippen molar-refractivity contribution in [2.45, 2.75) is 30.0 Å². The number of carbonyl (C=O) groups is 1. The Morgan fingerprint density at radius 1 is 1.12 bits per heavy atom. The predicted octanol–water partition coefficient (Wildman–Crippen LogP) is 3.99. The minimum Gasteiger partial charge on any atom is -0.490 e. The average molecular weight is 357 g/mol. The van der Waals surface area contributed by atoms with E-state index in [-0.39, 0.29) is 11.2 Å². The van der Waals surface area contributed by atoms with Crippen LogP contribution in [0.2, 0.25) is 0 Å². The van der Waals surface area contributed by atoms with Crippen LogP contribution in [-0.4, -0.2) is 36.3 Å². The lowest BCUT2D eigenvalue weighted by Gasteiger charge is -2.21. The summed E-state index contributed by atoms with van der Waals surface area (Å²) in [5, 5.41) is -0.168. The number of hydrogen-bond acceptors (Lipinski definition) is 4. The van der Waals surface area contributed by atoms with Crippen molar-refractivity contribution >= 4 is 17.7 Å². The highest BCUT2D eigenvalue weighted by atomic mass is 32.2. The van der Waals surface area contributed by atoms with E-state index in [9.17, 15) is 4.79 Å². The summed E-state index contributed by atoms with van der Waals surface area (Å²) in [5.74, 6) is 1.66. The van der Waals surface area contributed by atoms with Gasteiger partial charge in [0, 0.05) is 24.9 Å². The van der Waals surface area contributed by atoms with Crippen LogP contribution in [0.4, 0.5) is 0 Å². The third-order valence-corrected chi connectivity index (χ3v) is 5.10. The van der Waals surface area contributed by atoms with Gasteiger partial charge in [-0.15, -0.1) is 11.8 Å². The Hall–Kier alpha value is -2.14. The molecule has 0 spiro atoms. The second-order valence-corrected chi connectivity index (χ2v) is 7.51. The van der Waals surface area contributed by atoms with E-state index in [2.05, 4.69) is 0 Å². The summed E-state index contributed by atoms with van der Waals surface area (Å²) in [6, 6.07) is 15.9. The highest BCUT2D eigenvalue weighted by molar-refractivity contribution is 8.00. The van der Waals surface area contributed by atoms with E-state index < -0.39 is 0 Å². The molecule has 1 aliphatic rings. The summed E-state index contributed by atoms with van der Waals surface area (Å²) in [5.41, 5.74) is 1.13. The highest BCUT2D eigenvalue weighted by Gasteiger charge is 2.20. The molecule has 2 aromatic carbocycles. The molecule has 3 rings (SSSR count). The van der Waals surface area contributed by atoms with Gasteiger partial charge in [0.1, 0.15) is 0 Å². The number of rotatable bonds is 5. The first kappa shape index (κ1) is 17.7. The number of amides is 1. The molecule has 1 amide bonds. The van der Waals surface area contributed by atoms with E-state index in [0.717, 1.165) is 28.4 Å². The van der Waals surface area contributed by atoms with Gasteiger partial charge in [0.25, 0.3) is 0 Å². The Kier molecular flexibility index (Phi) is 5.87. The van der Waals surface area contributed by atoms with Crippen molar-refractivity contribution < 1.29 is 14.3 Å². The molecule has 1 heterocycles. The van der Waals surface area contributed by atoms with Crippen molar-refractivity contribution in [3.05, 3.63) is 54.1 Å². The molecule has 0 aromatic heterocycles. The van der Waals surface area contributed by atoms with Crippen molar-refractivity contribution in [1.29, 1.82) is 0 Å². The van der Waals surface area contributed by atoms with Crippen molar-refractivity contribution in [1.82, 2.24) is 4.90 Å². The molecule has 1 atom stereocenters. The first-order valence-corrected chi connectivity index (χ1v) is 9.36. The molecule has 132 valence electrons. The third kappa shape index (κ3) is 4.69. The van der Waals surface area contributed by atoms with Crippen LogP contribution >= 0.6 is 11.8 Å². The van der Waals surface area contributed by atoms with Crippen molar-refractivity contribution in [3.63, 3.8) is 0 Å². The van der Waals surface area contributed by atoms with E-state index in [0.29, 0.717) is 19.8 Å². The number of benzene rings is 2. The number of nitrogens with zero attached hydrogens (tertiary/aromatic N) is 1. The monoisotopic (exact) mass is 357 g/mol. The van der Waals surface area contributed by atoms with Gasteiger partial charge in [-0.25, -0.2) is 0 Å². The molecule has 5 heteroatoms. The zero-order valence-corrected chi connectivity index (χ0v) is 15.4. The molecule has 4 nitrogen and oxygen atoms in total. The first-order chi connectivity index (χ1) is 12.1. The molecule has 0 aliphatic carbocycles. The number of ether oxygens (including phenoxy) is 2. The Balaban J connectivity index is 1.62. The predicted molar refractivity (Wildman–Crippen MR) is 100 cm³/mol. The minimum absolute atomic E-state index is 0.112. The topological polar surface area (TPSA) is 38.8 Å². The molecule has 1 unspecified atom stereocenters. The van der Waals surface area contributed by atoms with Crippen LogP contribution in [0, 0.1) is 0 Å². The lowest BCUT2D eigenvalue weighted by molar-refractivity contribution is -0.129. The maximum absolute atomic E-state index is 12.6. The molecule has 0 fully saturated rings. The summed E-state index contributed by atoms with van der Waals surface area (Å²) < 4.78 is 11.4. The second-order valence-electron chi connectivity index (χ2n) is 6.10. The maximum Gasteiger partial charge on any atom is 0.235 e. The summed E-state index contributed by atoms with van der Waals surface area (Å²) in [6.45, 7) is 3.90. The summed E-state index contributed by atoms with van der Waals surface area (Å²) in [4.78, 5) is 15.4. The SMILES string of the molecule is CC(Sc1ccc2c(c1)OCCCO2)C(=O)N(C)Cc1ccccc1. The largest absolute Gasteiger partial charge is 0.490 e. The van der Waals surface area contributed by atoms with Gasteiger partial charge in [0.2, 0.25) is 5.91 Å². The number of fused-ring (bicyclic) bond motifs is 1. The van der Waals surface area contributed by atoms with Gasteiger partial charge in [-0.1, -0.05) is 30.3 Å². The van der Waals surface area contributed by atoms with E-state index in [1.54, 1.807) is 16.7 Å². The maximum atomic E-state index is 12.6. The van der Waals surface area contributed by atoms with Crippen molar-refractivity contribution in [2.24, 2.45) is 0 Å². The average Bonchev–Trinajstić information content (AvgIpc) is 2.86. The standard InChI is InChI=1S/C20H23NO3S/c1-15(20(22)21(2)14-16-7-4-3-5-8-16)25-17-9-10-18-19(13-17)24-12-6-11-23-18/h3-5,7-10,13,15H,6,11-12,14H2,1-2H3. The summed E-state index contributed by atoms with van der Waals surface area (Å²) in [7, 11) is 1.85. The van der Waals surface area contributed by atoms with Gasteiger partial charge in [-0.05, 0) is 30.7 Å². The Morgan fingerprint density at radius 2 is 1.84 bits per heavy atom. The normalized spacial score (nSPS) is 14.5. The van der Waals surface area contributed by atoms with Gasteiger partial charge in [-0.3, -0.25) is 4.79 Å². The van der Waals surface area contributed by atoms with Crippen LogP contribution in [0.15, 0.2) is 53.4 Å². The fourth-order valence-corrected chi connectivity index (χ4v) is 3.73. The van der Waals surface area contributed by atoms with E-state index in [1.165, 1.54) is 0 Å². The van der Waals surface area contributed by atoms with E-state index in [4.69, 9.17) is 9.47 Å². The number of hydrogen-bond donors (Lipinski definition) is 0. The van der Waals surface area contributed by atoms with Crippen LogP contribution in [0.1, 0.15) is 18.9 Å². The molecule has 0 saturated carbocycles. The molecular weight excluding hydrogens is 334 g/mol. The van der Waals surface area contributed by atoms with Crippen LogP contribution in [0.25, 0.3) is 0 Å². The minimum atomic E-state index is -0.168. The zero-order chi connectivity index (χ0) is 17.6. The van der Waals surface area contributed by atoms with Gasteiger partial charge in [0.15, 0.2) is 11.5 Å². The Bertz CT molecular complexity index is 720. The van der Waals surface area contributed by atoms with Crippen LogP contribution in [0.3, 0.4) is 0 Å². The summed E-state index contributed by atoms with van der Waals surface area (Å²) >= 11 is 1.54. The summed E-state index contributed by atoms with van der Waals surface area (Å²) in [6.07, 6.45) is 0.885. The lowest BCUT2D eigenvalue weighted by atomic mass is 10.2. The van der Waals surface area contributed by atoms with Gasteiger partial charge < -0.3 is 14.4 Å². The van der Waals surface area contributed by atoms with Crippen LogP contribution < -0.4 is 9.47 Å². The highest BCUT2D eigenvalue weighted by Crippen LogP contribution is 2.35. The third-order valence-electron chi connectivity index (χ3n) is 4.02. The van der Waals surface area contributed by atoms with Crippen molar-refractivity contribution in [2.75, 3.05) is 20.3 Å². The Labute approximate surface area is 153 Å². The molecule has 2 aromatic rings. The zero-order valence-electron chi connectivity index (χ0n) is 14.6. The van der Waals surface area contributed by atoms with E-state index in [1.807, 2.05) is 62.5 Å². The molecule has 0 bridgehead atoms. The molecule has 0 saturated heterocycles. The fourth-order valence-electron chi connectivity index (χ4n) is 2.72. The first-order valence-electron chi connectivity index (χ1n) is 8.48. The molecule has 25 heavy (non-hydrogen) atoms. The van der Waals surface area contributed by atoms with Crippen LogP contribution in [0.5, 0.6) is 11.5 Å². The molecular formula is C20H23NO3S. The smallest absolute Gasteiger partial charge is 0.235 e. The number of thioether (sulfide) groups is 1. The Morgan fingerprint density at radius 3 is 2.60 bits per heavy atom. The molecule has 0 N–H and O–H groups in total.